The summed E-state index contributed by atoms with van der Waals surface area (Å²) in [5, 5.41) is 21.7. The van der Waals surface area contributed by atoms with Crippen LogP contribution in [0.2, 0.25) is 0 Å². The van der Waals surface area contributed by atoms with E-state index in [2.05, 4.69) is 9.97 Å². The van der Waals surface area contributed by atoms with Crippen LogP contribution in [0.4, 0.5) is 0 Å². The molecule has 2 aliphatic rings. The van der Waals surface area contributed by atoms with Gasteiger partial charge < -0.3 is 10.2 Å². The molecule has 4 heteroatoms. The van der Waals surface area contributed by atoms with E-state index in [1.165, 1.54) is 0 Å². The Kier molecular flexibility index (Phi) is 3.24. The lowest BCUT2D eigenvalue weighted by Crippen LogP contribution is -2.27. The van der Waals surface area contributed by atoms with E-state index < -0.39 is 11.7 Å². The zero-order valence-corrected chi connectivity index (χ0v) is 12.3. The quantitative estimate of drug-likeness (QED) is 0.892. The molecule has 0 aromatic carbocycles. The number of aliphatic hydroxyl groups is 2. The van der Waals surface area contributed by atoms with Gasteiger partial charge in [-0.2, -0.15) is 0 Å². The number of pyridine rings is 2. The monoisotopic (exact) mass is 296 g/mol. The third-order valence-electron chi connectivity index (χ3n) is 5.40. The maximum Gasteiger partial charge on any atom is 0.107 e. The molecule has 2 saturated carbocycles. The number of hydrogen-bond donors (Lipinski definition) is 2. The number of hydrogen-bond acceptors (Lipinski definition) is 4. The van der Waals surface area contributed by atoms with E-state index in [0.29, 0.717) is 18.8 Å². The first-order valence-electron chi connectivity index (χ1n) is 7.90. The normalized spacial score (nSPS) is 37.2. The lowest BCUT2D eigenvalue weighted by atomic mass is 9.89. The van der Waals surface area contributed by atoms with Crippen molar-refractivity contribution in [3.05, 3.63) is 60.2 Å². The van der Waals surface area contributed by atoms with Gasteiger partial charge in [0.1, 0.15) is 5.60 Å². The average molecular weight is 296 g/mol. The summed E-state index contributed by atoms with van der Waals surface area (Å²) in [5.74, 6) is 0.539. The van der Waals surface area contributed by atoms with Gasteiger partial charge in [0, 0.05) is 24.0 Å². The van der Waals surface area contributed by atoms with Crippen LogP contribution in [0.15, 0.2) is 48.8 Å². The zero-order chi connectivity index (χ0) is 15.2. The summed E-state index contributed by atoms with van der Waals surface area (Å²) in [6, 6.07) is 11.5. The molecule has 0 bridgehead atoms. The SMILES string of the molecule is O[C@H]1C(c2ccccn2)C[C@H]2C[C@](O)(c3ccccn3)C[C@H]21. The number of aromatic nitrogens is 2. The summed E-state index contributed by atoms with van der Waals surface area (Å²) < 4.78 is 0. The van der Waals surface area contributed by atoms with E-state index in [-0.39, 0.29) is 11.8 Å². The van der Waals surface area contributed by atoms with Crippen molar-refractivity contribution in [3.8, 4) is 0 Å². The largest absolute Gasteiger partial charge is 0.392 e. The van der Waals surface area contributed by atoms with E-state index in [0.717, 1.165) is 17.8 Å². The third kappa shape index (κ3) is 2.14. The van der Waals surface area contributed by atoms with Crippen molar-refractivity contribution in [2.45, 2.75) is 36.9 Å². The van der Waals surface area contributed by atoms with Gasteiger partial charge in [-0.1, -0.05) is 12.1 Å². The maximum atomic E-state index is 11.0. The Balaban J connectivity index is 1.56. The molecular weight excluding hydrogens is 276 g/mol. The molecule has 1 unspecified atom stereocenters. The van der Waals surface area contributed by atoms with Gasteiger partial charge in [-0.25, -0.2) is 0 Å². The van der Waals surface area contributed by atoms with Crippen molar-refractivity contribution in [1.82, 2.24) is 9.97 Å². The third-order valence-corrected chi connectivity index (χ3v) is 5.40. The number of aliphatic hydroxyl groups excluding tert-OH is 1. The van der Waals surface area contributed by atoms with E-state index in [4.69, 9.17) is 0 Å². The van der Waals surface area contributed by atoms with Gasteiger partial charge in [-0.05, 0) is 55.4 Å². The van der Waals surface area contributed by atoms with Gasteiger partial charge in [0.15, 0.2) is 0 Å². The smallest absolute Gasteiger partial charge is 0.107 e. The molecule has 2 heterocycles. The van der Waals surface area contributed by atoms with Crippen LogP contribution in [0.3, 0.4) is 0 Å². The molecule has 4 nitrogen and oxygen atoms in total. The highest BCUT2D eigenvalue weighted by Gasteiger charge is 2.54. The maximum absolute atomic E-state index is 11.0. The van der Waals surface area contributed by atoms with Crippen molar-refractivity contribution < 1.29 is 10.2 Å². The Bertz CT molecular complexity index is 649. The molecule has 114 valence electrons. The van der Waals surface area contributed by atoms with E-state index in [9.17, 15) is 10.2 Å². The van der Waals surface area contributed by atoms with Crippen molar-refractivity contribution in [3.63, 3.8) is 0 Å². The topological polar surface area (TPSA) is 66.2 Å². The average Bonchev–Trinajstić information content (AvgIpc) is 3.05. The molecule has 0 spiro atoms. The minimum absolute atomic E-state index is 0.0875. The van der Waals surface area contributed by atoms with Crippen LogP contribution in [0, 0.1) is 11.8 Å². The van der Waals surface area contributed by atoms with Gasteiger partial charge in [-0.3, -0.25) is 9.97 Å². The van der Waals surface area contributed by atoms with Crippen LogP contribution in [-0.4, -0.2) is 26.3 Å². The first-order chi connectivity index (χ1) is 10.7. The predicted octanol–water partition coefficient (Wildman–Crippen LogP) is 2.24. The van der Waals surface area contributed by atoms with Crippen LogP contribution in [0.1, 0.15) is 36.6 Å². The summed E-state index contributed by atoms with van der Waals surface area (Å²) in [7, 11) is 0. The van der Waals surface area contributed by atoms with Crippen LogP contribution >= 0.6 is 0 Å². The Labute approximate surface area is 129 Å². The second kappa shape index (κ2) is 5.14. The minimum atomic E-state index is -0.896. The highest BCUT2D eigenvalue weighted by molar-refractivity contribution is 5.22. The highest BCUT2D eigenvalue weighted by atomic mass is 16.3. The molecule has 0 aliphatic heterocycles. The molecule has 22 heavy (non-hydrogen) atoms. The Morgan fingerprint density at radius 1 is 1.00 bits per heavy atom. The van der Waals surface area contributed by atoms with Crippen molar-refractivity contribution in [2.75, 3.05) is 0 Å². The number of fused-ring (bicyclic) bond motifs is 1. The zero-order valence-electron chi connectivity index (χ0n) is 12.3. The molecule has 4 rings (SSSR count). The van der Waals surface area contributed by atoms with Crippen molar-refractivity contribution in [1.29, 1.82) is 0 Å². The van der Waals surface area contributed by atoms with Crippen LogP contribution in [0.5, 0.6) is 0 Å². The predicted molar refractivity (Wildman–Crippen MR) is 81.9 cm³/mol. The number of rotatable bonds is 2. The first kappa shape index (κ1) is 13.9. The van der Waals surface area contributed by atoms with Crippen LogP contribution < -0.4 is 0 Å². The van der Waals surface area contributed by atoms with Crippen LogP contribution in [-0.2, 0) is 5.60 Å². The molecule has 5 atom stereocenters. The summed E-state index contributed by atoms with van der Waals surface area (Å²) >= 11 is 0. The lowest BCUT2D eigenvalue weighted by Gasteiger charge is -2.25. The van der Waals surface area contributed by atoms with Gasteiger partial charge in [-0.15, -0.1) is 0 Å². The Hall–Kier alpha value is -1.78. The number of nitrogens with zero attached hydrogens (tertiary/aromatic N) is 2. The summed E-state index contributed by atoms with van der Waals surface area (Å²) in [6.45, 7) is 0. The van der Waals surface area contributed by atoms with E-state index in [1.807, 2.05) is 36.4 Å². The fraction of sp³-hybridized carbons (Fsp3) is 0.444. The molecule has 2 aromatic heterocycles. The van der Waals surface area contributed by atoms with Crippen molar-refractivity contribution >= 4 is 0 Å². The second-order valence-corrected chi connectivity index (χ2v) is 6.67. The molecule has 0 radical (unpaired) electrons. The summed E-state index contributed by atoms with van der Waals surface area (Å²) in [4.78, 5) is 8.72. The molecule has 2 N–H and O–H groups in total. The highest BCUT2D eigenvalue weighted by Crippen LogP contribution is 2.56. The Morgan fingerprint density at radius 2 is 1.77 bits per heavy atom. The second-order valence-electron chi connectivity index (χ2n) is 6.67. The van der Waals surface area contributed by atoms with E-state index >= 15 is 0 Å². The standard InChI is InChI=1S/C18H20N2O2/c21-17-13(15-5-1-3-7-19-15)9-12-10-18(22,11-14(12)17)16-6-2-4-8-20-16/h1-8,12-14,17,21-22H,9-11H2/t12-,13?,14+,17-,18+/m0/s1. The molecule has 2 aromatic rings. The summed E-state index contributed by atoms with van der Waals surface area (Å²) in [6.07, 6.45) is 5.21. The molecule has 0 saturated heterocycles. The fourth-order valence-corrected chi connectivity index (χ4v) is 4.38. The molecule has 0 amide bonds. The first-order valence-corrected chi connectivity index (χ1v) is 7.90. The van der Waals surface area contributed by atoms with Gasteiger partial charge in [0.05, 0.1) is 11.8 Å². The van der Waals surface area contributed by atoms with Crippen LogP contribution in [0.25, 0.3) is 0 Å². The van der Waals surface area contributed by atoms with Gasteiger partial charge in [0.2, 0.25) is 0 Å². The lowest BCUT2D eigenvalue weighted by molar-refractivity contribution is 0.0165. The van der Waals surface area contributed by atoms with Gasteiger partial charge in [0.25, 0.3) is 0 Å². The van der Waals surface area contributed by atoms with Gasteiger partial charge >= 0.3 is 0 Å². The van der Waals surface area contributed by atoms with E-state index in [1.54, 1.807) is 12.4 Å². The summed E-state index contributed by atoms with van der Waals surface area (Å²) in [5.41, 5.74) is 0.795. The molecule has 2 aliphatic carbocycles. The molecular formula is C18H20N2O2. The van der Waals surface area contributed by atoms with Crippen molar-refractivity contribution in [2.24, 2.45) is 11.8 Å². The minimum Gasteiger partial charge on any atom is -0.392 e. The Morgan fingerprint density at radius 3 is 2.41 bits per heavy atom. The fourth-order valence-electron chi connectivity index (χ4n) is 4.38. The molecule has 2 fully saturated rings.